The number of aryl methyl sites for hydroxylation is 2. The molecule has 1 aromatic heterocycles. The van der Waals surface area contributed by atoms with Crippen LogP contribution in [-0.4, -0.2) is 16.0 Å². The first-order valence-electron chi connectivity index (χ1n) is 5.77. The fourth-order valence-electron chi connectivity index (χ4n) is 2.28. The fourth-order valence-corrected chi connectivity index (χ4v) is 2.28. The number of rotatable bonds is 2. The Kier molecular flexibility index (Phi) is 3.00. The van der Waals surface area contributed by atoms with Crippen molar-refractivity contribution in [3.8, 4) is 0 Å². The van der Waals surface area contributed by atoms with Gasteiger partial charge in [0.05, 0.1) is 0 Å². The first-order chi connectivity index (χ1) is 7.16. The number of hydrogen-bond acceptors (Lipinski definition) is 3. The van der Waals surface area contributed by atoms with Crippen LogP contribution in [0.3, 0.4) is 0 Å². The minimum Gasteiger partial charge on any atom is -0.328 e. The van der Waals surface area contributed by atoms with E-state index in [0.29, 0.717) is 0 Å². The van der Waals surface area contributed by atoms with E-state index in [4.69, 9.17) is 5.73 Å². The Balaban J connectivity index is 2.38. The third-order valence-electron chi connectivity index (χ3n) is 2.90. The largest absolute Gasteiger partial charge is 0.328 e. The lowest BCUT2D eigenvalue weighted by Crippen LogP contribution is -2.22. The Labute approximate surface area is 91.1 Å². The van der Waals surface area contributed by atoms with E-state index in [0.717, 1.165) is 25.1 Å². The van der Waals surface area contributed by atoms with Crippen molar-refractivity contribution in [1.29, 1.82) is 0 Å². The summed E-state index contributed by atoms with van der Waals surface area (Å²) < 4.78 is 0. The summed E-state index contributed by atoms with van der Waals surface area (Å²) in [5.41, 5.74) is 9.68. The van der Waals surface area contributed by atoms with Gasteiger partial charge in [0.1, 0.15) is 5.82 Å². The summed E-state index contributed by atoms with van der Waals surface area (Å²) in [6, 6.07) is 0.185. The predicted octanol–water partition coefficient (Wildman–Crippen LogP) is 1.55. The molecule has 2 rings (SSSR count). The topological polar surface area (TPSA) is 51.8 Å². The number of hydrogen-bond donors (Lipinski definition) is 1. The fraction of sp³-hybridized carbons (Fsp3) is 0.667. The van der Waals surface area contributed by atoms with E-state index in [9.17, 15) is 0 Å². The summed E-state index contributed by atoms with van der Waals surface area (Å²) in [6.07, 6.45) is 5.67. The van der Waals surface area contributed by atoms with Gasteiger partial charge in [-0.25, -0.2) is 9.97 Å². The van der Waals surface area contributed by atoms with Crippen LogP contribution < -0.4 is 5.73 Å². The van der Waals surface area contributed by atoms with Gasteiger partial charge >= 0.3 is 0 Å². The minimum atomic E-state index is 0.185. The lowest BCUT2D eigenvalue weighted by atomic mass is 9.93. The van der Waals surface area contributed by atoms with Crippen molar-refractivity contribution >= 4 is 0 Å². The van der Waals surface area contributed by atoms with Crippen molar-refractivity contribution in [1.82, 2.24) is 9.97 Å². The molecule has 0 spiro atoms. The van der Waals surface area contributed by atoms with Gasteiger partial charge in [-0.1, -0.05) is 0 Å². The third-order valence-corrected chi connectivity index (χ3v) is 2.90. The van der Waals surface area contributed by atoms with Crippen LogP contribution in [0.4, 0.5) is 0 Å². The van der Waals surface area contributed by atoms with Crippen molar-refractivity contribution in [3.63, 3.8) is 0 Å². The maximum Gasteiger partial charge on any atom is 0.125 e. The molecule has 1 atom stereocenters. The average molecular weight is 205 g/mol. The van der Waals surface area contributed by atoms with E-state index in [1.165, 1.54) is 29.8 Å². The van der Waals surface area contributed by atoms with Crippen molar-refractivity contribution in [2.45, 2.75) is 52.0 Å². The molecule has 1 unspecified atom stereocenters. The Morgan fingerprint density at radius 3 is 2.73 bits per heavy atom. The normalized spacial score (nSPS) is 17.3. The van der Waals surface area contributed by atoms with Gasteiger partial charge in [-0.2, -0.15) is 0 Å². The molecule has 0 saturated carbocycles. The van der Waals surface area contributed by atoms with Crippen LogP contribution in [0.15, 0.2) is 0 Å². The lowest BCUT2D eigenvalue weighted by Gasteiger charge is -2.19. The number of nitrogens with two attached hydrogens (primary N) is 1. The third kappa shape index (κ3) is 2.34. The summed E-state index contributed by atoms with van der Waals surface area (Å²) in [5.74, 6) is 0.895. The molecule has 0 aliphatic heterocycles. The quantitative estimate of drug-likeness (QED) is 0.797. The van der Waals surface area contributed by atoms with Crippen LogP contribution in [0.2, 0.25) is 0 Å². The molecule has 2 N–H and O–H groups in total. The standard InChI is InChI=1S/C12H19N3/c1-8(13)7-12-10-5-3-4-6-11(10)14-9(2)15-12/h8H,3-7,13H2,1-2H3. The van der Waals surface area contributed by atoms with Gasteiger partial charge in [0, 0.05) is 23.9 Å². The van der Waals surface area contributed by atoms with Gasteiger partial charge in [0.15, 0.2) is 0 Å². The number of nitrogens with zero attached hydrogens (tertiary/aromatic N) is 2. The molecule has 0 amide bonds. The second kappa shape index (κ2) is 4.27. The molecule has 0 aromatic carbocycles. The SMILES string of the molecule is Cc1nc2c(c(CC(C)N)n1)CCCC2. The van der Waals surface area contributed by atoms with Gasteiger partial charge in [-0.15, -0.1) is 0 Å². The molecule has 15 heavy (non-hydrogen) atoms. The Morgan fingerprint density at radius 2 is 2.00 bits per heavy atom. The number of aromatic nitrogens is 2. The van der Waals surface area contributed by atoms with E-state index >= 15 is 0 Å². The highest BCUT2D eigenvalue weighted by atomic mass is 14.9. The molecule has 3 heteroatoms. The van der Waals surface area contributed by atoms with Crippen LogP contribution in [0.1, 0.15) is 42.5 Å². The molecular weight excluding hydrogens is 186 g/mol. The summed E-state index contributed by atoms with van der Waals surface area (Å²) in [6.45, 7) is 4.01. The molecule has 1 aromatic rings. The van der Waals surface area contributed by atoms with Gasteiger partial charge in [-0.3, -0.25) is 0 Å². The van der Waals surface area contributed by atoms with E-state index in [2.05, 4.69) is 9.97 Å². The maximum atomic E-state index is 5.85. The molecule has 82 valence electrons. The second-order valence-electron chi connectivity index (χ2n) is 4.53. The summed E-state index contributed by atoms with van der Waals surface area (Å²) >= 11 is 0. The molecule has 0 bridgehead atoms. The molecular formula is C12H19N3. The molecule has 0 fully saturated rings. The van der Waals surface area contributed by atoms with E-state index in [1.54, 1.807) is 0 Å². The zero-order valence-corrected chi connectivity index (χ0v) is 9.58. The molecule has 1 aliphatic carbocycles. The molecule has 1 heterocycles. The highest BCUT2D eigenvalue weighted by Crippen LogP contribution is 2.22. The molecule has 0 saturated heterocycles. The zero-order chi connectivity index (χ0) is 10.8. The average Bonchev–Trinajstić information content (AvgIpc) is 2.16. The zero-order valence-electron chi connectivity index (χ0n) is 9.58. The van der Waals surface area contributed by atoms with E-state index in [-0.39, 0.29) is 6.04 Å². The predicted molar refractivity (Wildman–Crippen MR) is 60.8 cm³/mol. The summed E-state index contributed by atoms with van der Waals surface area (Å²) in [5, 5.41) is 0. The Morgan fingerprint density at radius 1 is 1.27 bits per heavy atom. The monoisotopic (exact) mass is 205 g/mol. The van der Waals surface area contributed by atoms with Crippen LogP contribution in [0, 0.1) is 6.92 Å². The van der Waals surface area contributed by atoms with Crippen LogP contribution >= 0.6 is 0 Å². The highest BCUT2D eigenvalue weighted by molar-refractivity contribution is 5.28. The lowest BCUT2D eigenvalue weighted by molar-refractivity contribution is 0.630. The van der Waals surface area contributed by atoms with Crippen molar-refractivity contribution in [3.05, 3.63) is 22.8 Å². The molecule has 1 aliphatic rings. The molecule has 0 radical (unpaired) electrons. The van der Waals surface area contributed by atoms with Crippen molar-refractivity contribution in [2.24, 2.45) is 5.73 Å². The van der Waals surface area contributed by atoms with Crippen LogP contribution in [0.5, 0.6) is 0 Å². The van der Waals surface area contributed by atoms with Crippen LogP contribution in [-0.2, 0) is 19.3 Å². The highest BCUT2D eigenvalue weighted by Gasteiger charge is 2.17. The van der Waals surface area contributed by atoms with Gasteiger partial charge in [-0.05, 0) is 45.1 Å². The number of fused-ring (bicyclic) bond motifs is 1. The summed E-state index contributed by atoms with van der Waals surface area (Å²) in [7, 11) is 0. The van der Waals surface area contributed by atoms with E-state index in [1.807, 2.05) is 13.8 Å². The van der Waals surface area contributed by atoms with E-state index < -0.39 is 0 Å². The first kappa shape index (κ1) is 10.6. The summed E-state index contributed by atoms with van der Waals surface area (Å²) in [4.78, 5) is 9.07. The minimum absolute atomic E-state index is 0.185. The van der Waals surface area contributed by atoms with Crippen molar-refractivity contribution in [2.75, 3.05) is 0 Å². The smallest absolute Gasteiger partial charge is 0.125 e. The van der Waals surface area contributed by atoms with Gasteiger partial charge in [0.2, 0.25) is 0 Å². The Hall–Kier alpha value is -0.960. The first-order valence-corrected chi connectivity index (χ1v) is 5.77. The maximum absolute atomic E-state index is 5.85. The van der Waals surface area contributed by atoms with Crippen molar-refractivity contribution < 1.29 is 0 Å². The molecule has 3 nitrogen and oxygen atoms in total. The van der Waals surface area contributed by atoms with Gasteiger partial charge < -0.3 is 5.73 Å². The van der Waals surface area contributed by atoms with Gasteiger partial charge in [0.25, 0.3) is 0 Å². The van der Waals surface area contributed by atoms with Crippen LogP contribution in [0.25, 0.3) is 0 Å². The Bertz CT molecular complexity index is 358. The second-order valence-corrected chi connectivity index (χ2v) is 4.53.